The largest absolute Gasteiger partial charge is 0.496 e. The van der Waals surface area contributed by atoms with Crippen LogP contribution < -0.4 is 10.1 Å². The number of nitrogens with one attached hydrogen (secondary N) is 1. The predicted octanol–water partition coefficient (Wildman–Crippen LogP) is 3.11. The first kappa shape index (κ1) is 21.9. The van der Waals surface area contributed by atoms with E-state index in [1.165, 1.54) is 17.5 Å². The number of methoxy groups -OCH3 is 1. The maximum absolute atomic E-state index is 13.3. The van der Waals surface area contributed by atoms with Crippen molar-refractivity contribution in [2.24, 2.45) is 0 Å². The van der Waals surface area contributed by atoms with E-state index in [1.54, 1.807) is 19.1 Å². The molecule has 0 saturated heterocycles. The molecule has 0 saturated carbocycles. The van der Waals surface area contributed by atoms with Crippen LogP contribution in [-0.2, 0) is 21.4 Å². The molecule has 1 N–H and O–H groups in total. The first-order chi connectivity index (χ1) is 13.3. The van der Waals surface area contributed by atoms with Gasteiger partial charge in [-0.25, -0.2) is 8.42 Å². The van der Waals surface area contributed by atoms with Crippen molar-refractivity contribution in [2.45, 2.75) is 44.7 Å². The number of carbonyl (C=O) groups is 1. The zero-order chi connectivity index (χ0) is 20.7. The van der Waals surface area contributed by atoms with Gasteiger partial charge >= 0.3 is 0 Å². The van der Waals surface area contributed by atoms with E-state index in [-0.39, 0.29) is 29.9 Å². The van der Waals surface area contributed by atoms with Crippen molar-refractivity contribution in [1.29, 1.82) is 0 Å². The molecule has 0 spiro atoms. The summed E-state index contributed by atoms with van der Waals surface area (Å²) in [7, 11) is -2.33. The Morgan fingerprint density at radius 2 is 1.86 bits per heavy atom. The van der Waals surface area contributed by atoms with Crippen molar-refractivity contribution in [2.75, 3.05) is 13.7 Å². The lowest BCUT2D eigenvalue weighted by atomic mass is 10.2. The van der Waals surface area contributed by atoms with Gasteiger partial charge in [0.05, 0.1) is 18.6 Å². The minimum Gasteiger partial charge on any atom is -0.496 e. The molecule has 2 rings (SSSR count). The Kier molecular flexibility index (Phi) is 7.60. The Hall–Kier alpha value is -2.38. The van der Waals surface area contributed by atoms with Crippen LogP contribution in [0, 0.1) is 6.92 Å². The summed E-state index contributed by atoms with van der Waals surface area (Å²) >= 11 is 0. The molecule has 1 atom stereocenters. The number of hydrogen-bond acceptors (Lipinski definition) is 4. The van der Waals surface area contributed by atoms with Crippen molar-refractivity contribution in [3.8, 4) is 5.75 Å². The summed E-state index contributed by atoms with van der Waals surface area (Å²) < 4.78 is 33.0. The summed E-state index contributed by atoms with van der Waals surface area (Å²) in [5.74, 6) is 0.294. The van der Waals surface area contributed by atoms with Gasteiger partial charge in [-0.2, -0.15) is 4.31 Å². The summed E-state index contributed by atoms with van der Waals surface area (Å²) in [6.45, 7) is 5.51. The van der Waals surface area contributed by atoms with Gasteiger partial charge in [0, 0.05) is 12.6 Å². The molecule has 2 aromatic rings. The minimum atomic E-state index is -3.87. The monoisotopic (exact) mass is 404 g/mol. The molecule has 2 aromatic carbocycles. The molecular formula is C21H28N2O4S. The number of rotatable bonds is 9. The van der Waals surface area contributed by atoms with E-state index in [0.29, 0.717) is 11.3 Å². The molecule has 1 amide bonds. The Morgan fingerprint density at radius 3 is 2.43 bits per heavy atom. The molecule has 0 heterocycles. The van der Waals surface area contributed by atoms with Crippen molar-refractivity contribution < 1.29 is 17.9 Å². The Morgan fingerprint density at radius 1 is 1.18 bits per heavy atom. The van der Waals surface area contributed by atoms with Gasteiger partial charge < -0.3 is 10.1 Å². The smallest absolute Gasteiger partial charge is 0.243 e. The van der Waals surface area contributed by atoms with Crippen LogP contribution in [0.5, 0.6) is 5.75 Å². The van der Waals surface area contributed by atoms with Crippen molar-refractivity contribution in [3.63, 3.8) is 0 Å². The van der Waals surface area contributed by atoms with Gasteiger partial charge in [0.25, 0.3) is 0 Å². The molecule has 0 unspecified atom stereocenters. The van der Waals surface area contributed by atoms with Gasteiger partial charge in [-0.05, 0) is 49.6 Å². The van der Waals surface area contributed by atoms with E-state index in [0.717, 1.165) is 12.0 Å². The van der Waals surface area contributed by atoms with E-state index >= 15 is 0 Å². The predicted molar refractivity (Wildman–Crippen MR) is 110 cm³/mol. The topological polar surface area (TPSA) is 75.7 Å². The average Bonchev–Trinajstić information content (AvgIpc) is 2.68. The maximum atomic E-state index is 13.3. The highest BCUT2D eigenvalue weighted by Gasteiger charge is 2.27. The van der Waals surface area contributed by atoms with Crippen LogP contribution in [0.2, 0.25) is 0 Å². The summed E-state index contributed by atoms with van der Waals surface area (Å²) in [5.41, 5.74) is 1.53. The third-order valence-corrected chi connectivity index (χ3v) is 6.33. The lowest BCUT2D eigenvalue weighted by Crippen LogP contribution is -2.43. The Balaban J connectivity index is 2.35. The highest BCUT2D eigenvalue weighted by atomic mass is 32.2. The second kappa shape index (κ2) is 9.71. The quantitative estimate of drug-likeness (QED) is 0.697. The van der Waals surface area contributed by atoms with Crippen molar-refractivity contribution in [3.05, 3.63) is 59.7 Å². The van der Waals surface area contributed by atoms with Gasteiger partial charge in [0.1, 0.15) is 5.75 Å². The van der Waals surface area contributed by atoms with Crippen LogP contribution in [0.3, 0.4) is 0 Å². The molecule has 0 fully saturated rings. The number of amides is 1. The number of hydrogen-bond donors (Lipinski definition) is 1. The number of nitrogens with zero attached hydrogens (tertiary/aromatic N) is 1. The van der Waals surface area contributed by atoms with E-state index in [4.69, 9.17) is 4.74 Å². The lowest BCUT2D eigenvalue weighted by molar-refractivity contribution is -0.122. The highest BCUT2D eigenvalue weighted by Crippen LogP contribution is 2.24. The van der Waals surface area contributed by atoms with E-state index in [2.05, 4.69) is 5.32 Å². The highest BCUT2D eigenvalue weighted by molar-refractivity contribution is 7.89. The average molecular weight is 405 g/mol. The van der Waals surface area contributed by atoms with E-state index in [1.807, 2.05) is 44.2 Å². The zero-order valence-electron chi connectivity index (χ0n) is 16.8. The third-order valence-electron chi connectivity index (χ3n) is 4.55. The van der Waals surface area contributed by atoms with Crippen molar-refractivity contribution >= 4 is 15.9 Å². The van der Waals surface area contributed by atoms with Gasteiger partial charge in [-0.1, -0.05) is 37.3 Å². The fraction of sp³-hybridized carbons (Fsp3) is 0.381. The number of carbonyl (C=O) groups excluding carboxylic acids is 1. The first-order valence-electron chi connectivity index (χ1n) is 9.26. The summed E-state index contributed by atoms with van der Waals surface area (Å²) in [6, 6.07) is 13.9. The normalized spacial score (nSPS) is 12.6. The van der Waals surface area contributed by atoms with Gasteiger partial charge in [-0.3, -0.25) is 4.79 Å². The minimum absolute atomic E-state index is 0.0167. The fourth-order valence-electron chi connectivity index (χ4n) is 2.76. The molecular weight excluding hydrogens is 376 g/mol. The standard InChI is InChI=1S/C21H28N2O4S/c1-5-17(3)22-21(24)15-23(14-18-9-7-6-8-10-18)28(25,26)19-11-12-20(27-4)16(2)13-19/h6-13,17H,5,14-15H2,1-4H3,(H,22,24)/t17-/m1/s1. The third kappa shape index (κ3) is 5.56. The molecule has 0 aliphatic carbocycles. The molecule has 7 heteroatoms. The van der Waals surface area contributed by atoms with Crippen LogP contribution in [0.1, 0.15) is 31.4 Å². The number of ether oxygens (including phenoxy) is 1. The van der Waals surface area contributed by atoms with Gasteiger partial charge in [0.15, 0.2) is 0 Å². The molecule has 152 valence electrons. The maximum Gasteiger partial charge on any atom is 0.243 e. The molecule has 0 aromatic heterocycles. The van der Waals surface area contributed by atoms with Gasteiger partial charge in [0.2, 0.25) is 15.9 Å². The first-order valence-corrected chi connectivity index (χ1v) is 10.7. The molecule has 6 nitrogen and oxygen atoms in total. The zero-order valence-corrected chi connectivity index (χ0v) is 17.6. The summed E-state index contributed by atoms with van der Waals surface area (Å²) in [6.07, 6.45) is 0.773. The van der Waals surface area contributed by atoms with Crippen LogP contribution in [0.25, 0.3) is 0 Å². The Labute approximate surface area is 167 Å². The molecule has 28 heavy (non-hydrogen) atoms. The second-order valence-corrected chi connectivity index (χ2v) is 8.70. The summed E-state index contributed by atoms with van der Waals surface area (Å²) in [5, 5.41) is 2.83. The van der Waals surface area contributed by atoms with Crippen LogP contribution in [0.4, 0.5) is 0 Å². The molecule has 0 aliphatic heterocycles. The Bertz CT molecular complexity index is 898. The summed E-state index contributed by atoms with van der Waals surface area (Å²) in [4.78, 5) is 12.6. The van der Waals surface area contributed by atoms with Gasteiger partial charge in [-0.15, -0.1) is 0 Å². The van der Waals surface area contributed by atoms with Crippen LogP contribution in [-0.4, -0.2) is 38.3 Å². The fourth-order valence-corrected chi connectivity index (χ4v) is 4.23. The molecule has 0 bridgehead atoms. The van der Waals surface area contributed by atoms with E-state index < -0.39 is 10.0 Å². The number of benzene rings is 2. The van der Waals surface area contributed by atoms with Crippen molar-refractivity contribution in [1.82, 2.24) is 9.62 Å². The van der Waals surface area contributed by atoms with E-state index in [9.17, 15) is 13.2 Å². The molecule has 0 aliphatic rings. The SMILES string of the molecule is CC[C@@H](C)NC(=O)CN(Cc1ccccc1)S(=O)(=O)c1ccc(OC)c(C)c1. The lowest BCUT2D eigenvalue weighted by Gasteiger charge is -2.23. The van der Waals surface area contributed by atoms with Crippen LogP contribution >= 0.6 is 0 Å². The second-order valence-electron chi connectivity index (χ2n) is 6.77. The molecule has 0 radical (unpaired) electrons. The number of aryl methyl sites for hydroxylation is 1. The number of sulfonamides is 1. The van der Waals surface area contributed by atoms with Crippen LogP contribution in [0.15, 0.2) is 53.4 Å².